The second kappa shape index (κ2) is 7.29. The lowest BCUT2D eigenvalue weighted by Crippen LogP contribution is -2.26. The largest absolute Gasteiger partial charge is 0.368 e. The molecule has 2 aromatic heterocycles. The standard InChI is InChI=1S/C18H22N6O/c1-4-14-11-16(22-18(21-14)23(2)3)19-9-10-24-17(25)15-8-6-5-7-13(15)12-20-24/h5-8,11-12H,4,9-10H2,1-3H3,(H,19,21,22). The molecule has 130 valence electrons. The van der Waals surface area contributed by atoms with Gasteiger partial charge >= 0.3 is 0 Å². The average molecular weight is 338 g/mol. The van der Waals surface area contributed by atoms with Gasteiger partial charge in [0.05, 0.1) is 18.1 Å². The fourth-order valence-electron chi connectivity index (χ4n) is 2.53. The summed E-state index contributed by atoms with van der Waals surface area (Å²) in [7, 11) is 3.83. The van der Waals surface area contributed by atoms with Gasteiger partial charge in [0.15, 0.2) is 0 Å². The minimum Gasteiger partial charge on any atom is -0.368 e. The van der Waals surface area contributed by atoms with Gasteiger partial charge in [-0.3, -0.25) is 4.79 Å². The number of fused-ring (bicyclic) bond motifs is 1. The highest BCUT2D eigenvalue weighted by atomic mass is 16.1. The van der Waals surface area contributed by atoms with Crippen LogP contribution in [0.25, 0.3) is 10.8 Å². The van der Waals surface area contributed by atoms with Gasteiger partial charge in [0.1, 0.15) is 5.82 Å². The van der Waals surface area contributed by atoms with Crippen LogP contribution in [0.4, 0.5) is 11.8 Å². The number of nitrogens with one attached hydrogen (secondary N) is 1. The quantitative estimate of drug-likeness (QED) is 0.740. The molecular formula is C18H22N6O. The lowest BCUT2D eigenvalue weighted by atomic mass is 10.2. The smallest absolute Gasteiger partial charge is 0.274 e. The van der Waals surface area contributed by atoms with E-state index in [1.165, 1.54) is 4.68 Å². The average Bonchev–Trinajstić information content (AvgIpc) is 2.63. The Labute approximate surface area is 146 Å². The number of nitrogens with zero attached hydrogens (tertiary/aromatic N) is 5. The Morgan fingerprint density at radius 3 is 2.76 bits per heavy atom. The van der Waals surface area contributed by atoms with Crippen LogP contribution in [0.5, 0.6) is 0 Å². The van der Waals surface area contributed by atoms with Crippen molar-refractivity contribution in [3.8, 4) is 0 Å². The third-order valence-corrected chi connectivity index (χ3v) is 3.92. The summed E-state index contributed by atoms with van der Waals surface area (Å²) in [5.41, 5.74) is 0.896. The number of benzene rings is 1. The summed E-state index contributed by atoms with van der Waals surface area (Å²) in [5.74, 6) is 1.42. The summed E-state index contributed by atoms with van der Waals surface area (Å²) < 4.78 is 1.48. The Bertz CT molecular complexity index is 934. The first-order valence-electron chi connectivity index (χ1n) is 8.32. The van der Waals surface area contributed by atoms with Crippen molar-refractivity contribution in [2.45, 2.75) is 19.9 Å². The first kappa shape index (κ1) is 16.9. The first-order chi connectivity index (χ1) is 12.1. The van der Waals surface area contributed by atoms with Crippen molar-refractivity contribution in [1.29, 1.82) is 0 Å². The van der Waals surface area contributed by atoms with Crippen molar-refractivity contribution >= 4 is 22.5 Å². The van der Waals surface area contributed by atoms with E-state index in [-0.39, 0.29) is 5.56 Å². The van der Waals surface area contributed by atoms with Crippen molar-refractivity contribution in [2.24, 2.45) is 0 Å². The topological polar surface area (TPSA) is 75.9 Å². The van der Waals surface area contributed by atoms with E-state index in [4.69, 9.17) is 0 Å². The molecule has 1 aromatic carbocycles. The second-order valence-corrected chi connectivity index (χ2v) is 5.98. The summed E-state index contributed by atoms with van der Waals surface area (Å²) in [5, 5.41) is 9.04. The van der Waals surface area contributed by atoms with E-state index in [1.54, 1.807) is 6.20 Å². The highest BCUT2D eigenvalue weighted by Crippen LogP contribution is 2.12. The van der Waals surface area contributed by atoms with Gasteiger partial charge in [-0.2, -0.15) is 10.1 Å². The van der Waals surface area contributed by atoms with E-state index in [0.29, 0.717) is 24.4 Å². The molecule has 0 saturated heterocycles. The lowest BCUT2D eigenvalue weighted by Gasteiger charge is -2.14. The monoisotopic (exact) mass is 338 g/mol. The number of hydrogen-bond donors (Lipinski definition) is 1. The van der Waals surface area contributed by atoms with E-state index >= 15 is 0 Å². The van der Waals surface area contributed by atoms with E-state index in [2.05, 4.69) is 27.3 Å². The molecule has 3 rings (SSSR count). The zero-order chi connectivity index (χ0) is 17.8. The lowest BCUT2D eigenvalue weighted by molar-refractivity contribution is 0.604. The van der Waals surface area contributed by atoms with E-state index in [0.717, 1.165) is 23.3 Å². The van der Waals surface area contributed by atoms with Crippen molar-refractivity contribution < 1.29 is 0 Å². The van der Waals surface area contributed by atoms with Gasteiger partial charge in [-0.05, 0) is 12.5 Å². The predicted octanol–water partition coefficient (Wildman–Crippen LogP) is 1.93. The maximum atomic E-state index is 12.5. The van der Waals surface area contributed by atoms with E-state index in [9.17, 15) is 4.79 Å². The molecule has 3 aromatic rings. The van der Waals surface area contributed by atoms with Gasteiger partial charge in [-0.15, -0.1) is 0 Å². The van der Waals surface area contributed by atoms with Crippen molar-refractivity contribution in [1.82, 2.24) is 19.7 Å². The van der Waals surface area contributed by atoms with Crippen LogP contribution in [-0.4, -0.2) is 40.4 Å². The Kier molecular flexibility index (Phi) is 4.92. The van der Waals surface area contributed by atoms with Crippen molar-refractivity contribution in [2.75, 3.05) is 30.9 Å². The van der Waals surface area contributed by atoms with Gasteiger partial charge < -0.3 is 10.2 Å². The molecule has 7 heteroatoms. The van der Waals surface area contributed by atoms with Crippen molar-refractivity contribution in [3.63, 3.8) is 0 Å². The van der Waals surface area contributed by atoms with Crippen LogP contribution >= 0.6 is 0 Å². The Morgan fingerprint density at radius 1 is 1.20 bits per heavy atom. The number of rotatable bonds is 6. The molecule has 0 spiro atoms. The molecule has 0 bridgehead atoms. The van der Waals surface area contributed by atoms with Crippen LogP contribution in [-0.2, 0) is 13.0 Å². The molecule has 0 amide bonds. The molecule has 25 heavy (non-hydrogen) atoms. The highest BCUT2D eigenvalue weighted by molar-refractivity contribution is 5.80. The molecule has 0 aliphatic heterocycles. The molecule has 0 radical (unpaired) electrons. The first-order valence-corrected chi connectivity index (χ1v) is 8.32. The third-order valence-electron chi connectivity index (χ3n) is 3.92. The molecule has 0 saturated carbocycles. The van der Waals surface area contributed by atoms with Gasteiger partial charge in [0.2, 0.25) is 5.95 Å². The van der Waals surface area contributed by atoms with Gasteiger partial charge in [-0.1, -0.05) is 25.1 Å². The molecule has 0 aliphatic rings. The minimum absolute atomic E-state index is 0.0779. The van der Waals surface area contributed by atoms with Crippen LogP contribution in [0, 0.1) is 0 Å². The molecular weight excluding hydrogens is 316 g/mol. The SMILES string of the molecule is CCc1cc(NCCn2ncc3ccccc3c2=O)nc(N(C)C)n1. The number of aromatic nitrogens is 4. The summed E-state index contributed by atoms with van der Waals surface area (Å²) in [6, 6.07) is 9.41. The number of hydrogen-bond acceptors (Lipinski definition) is 6. The van der Waals surface area contributed by atoms with E-state index in [1.807, 2.05) is 49.3 Å². The molecule has 0 unspecified atom stereocenters. The Balaban J connectivity index is 1.74. The molecule has 7 nitrogen and oxygen atoms in total. The van der Waals surface area contributed by atoms with Crippen LogP contribution < -0.4 is 15.8 Å². The van der Waals surface area contributed by atoms with Gasteiger partial charge in [-0.25, -0.2) is 9.67 Å². The highest BCUT2D eigenvalue weighted by Gasteiger charge is 2.06. The van der Waals surface area contributed by atoms with Crippen molar-refractivity contribution in [3.05, 3.63) is 52.6 Å². The summed E-state index contributed by atoms with van der Waals surface area (Å²) in [6.07, 6.45) is 2.56. The zero-order valence-electron chi connectivity index (χ0n) is 14.7. The second-order valence-electron chi connectivity index (χ2n) is 5.98. The predicted molar refractivity (Wildman–Crippen MR) is 100 cm³/mol. The Hall–Kier alpha value is -2.96. The molecule has 0 atom stereocenters. The third kappa shape index (κ3) is 3.76. The summed E-state index contributed by atoms with van der Waals surface area (Å²) in [6.45, 7) is 3.08. The molecule has 2 heterocycles. The normalized spacial score (nSPS) is 10.8. The minimum atomic E-state index is -0.0779. The van der Waals surface area contributed by atoms with Crippen LogP contribution in [0.15, 0.2) is 41.3 Å². The molecule has 0 fully saturated rings. The van der Waals surface area contributed by atoms with E-state index < -0.39 is 0 Å². The number of aryl methyl sites for hydroxylation is 1. The zero-order valence-corrected chi connectivity index (χ0v) is 14.7. The fraction of sp³-hybridized carbons (Fsp3) is 0.333. The van der Waals surface area contributed by atoms with Gasteiger partial charge in [0, 0.05) is 37.8 Å². The molecule has 0 aliphatic carbocycles. The summed E-state index contributed by atoms with van der Waals surface area (Å²) >= 11 is 0. The number of anilines is 2. The van der Waals surface area contributed by atoms with Crippen LogP contribution in [0.2, 0.25) is 0 Å². The molecule has 1 N–H and O–H groups in total. The maximum absolute atomic E-state index is 12.5. The van der Waals surface area contributed by atoms with Gasteiger partial charge in [0.25, 0.3) is 5.56 Å². The fourth-order valence-corrected chi connectivity index (χ4v) is 2.53. The van der Waals surface area contributed by atoms with Crippen LogP contribution in [0.1, 0.15) is 12.6 Å². The van der Waals surface area contributed by atoms with Crippen LogP contribution in [0.3, 0.4) is 0 Å². The summed E-state index contributed by atoms with van der Waals surface area (Å²) in [4.78, 5) is 23.3. The Morgan fingerprint density at radius 2 is 2.00 bits per heavy atom. The maximum Gasteiger partial charge on any atom is 0.274 e.